The number of nitrogens with zero attached hydrogens (tertiary/aromatic N) is 3. The average molecular weight is 257 g/mol. The number of nitriles is 1. The Bertz CT molecular complexity index is 620. The van der Waals surface area contributed by atoms with E-state index in [4.69, 9.17) is 11.0 Å². The van der Waals surface area contributed by atoms with Gasteiger partial charge in [-0.3, -0.25) is 0 Å². The fourth-order valence-corrected chi connectivity index (χ4v) is 1.70. The van der Waals surface area contributed by atoms with Crippen LogP contribution in [0.1, 0.15) is 12.6 Å². The van der Waals surface area contributed by atoms with E-state index in [9.17, 15) is 5.11 Å². The van der Waals surface area contributed by atoms with E-state index in [0.717, 1.165) is 5.39 Å². The Morgan fingerprint density at radius 2 is 2.16 bits per heavy atom. The number of rotatable bonds is 4. The van der Waals surface area contributed by atoms with Gasteiger partial charge in [-0.05, 0) is 13.0 Å². The maximum absolute atomic E-state index is 9.38. The van der Waals surface area contributed by atoms with Gasteiger partial charge in [0.05, 0.1) is 17.3 Å². The van der Waals surface area contributed by atoms with Gasteiger partial charge < -0.3 is 16.2 Å². The normalized spacial score (nSPS) is 13.8. The van der Waals surface area contributed by atoms with Gasteiger partial charge in [-0.15, -0.1) is 10.2 Å². The van der Waals surface area contributed by atoms with E-state index in [1.54, 1.807) is 6.92 Å². The SMILES string of the molecule is CC(O)C(N)CNc1c(C#N)nnc2ccccc12. The molecule has 2 aromatic rings. The van der Waals surface area contributed by atoms with Crippen LogP contribution in [0, 0.1) is 11.3 Å². The molecule has 0 saturated heterocycles. The number of aliphatic hydroxyl groups excluding tert-OH is 1. The minimum absolute atomic E-state index is 0.219. The molecule has 0 radical (unpaired) electrons. The van der Waals surface area contributed by atoms with Gasteiger partial charge in [0, 0.05) is 18.0 Å². The Hall–Kier alpha value is -2.23. The van der Waals surface area contributed by atoms with Crippen LogP contribution in [-0.4, -0.2) is 34.0 Å². The first-order valence-corrected chi connectivity index (χ1v) is 5.96. The van der Waals surface area contributed by atoms with Gasteiger partial charge in [0.15, 0.2) is 5.69 Å². The minimum atomic E-state index is -0.626. The standard InChI is InChI=1S/C13H15N5O/c1-8(19)10(15)7-16-13-9-4-2-3-5-11(9)17-18-12(13)6-14/h2-5,8,10,19H,7,15H2,1H3,(H,16,17). The monoisotopic (exact) mass is 257 g/mol. The molecule has 1 heterocycles. The molecule has 1 aromatic carbocycles. The summed E-state index contributed by atoms with van der Waals surface area (Å²) in [7, 11) is 0. The lowest BCUT2D eigenvalue weighted by atomic mass is 10.1. The van der Waals surface area contributed by atoms with Crippen LogP contribution in [0.2, 0.25) is 0 Å². The molecule has 0 fully saturated rings. The predicted octanol–water partition coefficient (Wildman–Crippen LogP) is 0.621. The highest BCUT2D eigenvalue weighted by Crippen LogP contribution is 2.23. The number of nitrogens with one attached hydrogen (secondary N) is 1. The zero-order chi connectivity index (χ0) is 13.8. The van der Waals surface area contributed by atoms with Gasteiger partial charge in [-0.2, -0.15) is 5.26 Å². The number of nitrogens with two attached hydrogens (primary N) is 1. The first kappa shape index (κ1) is 13.2. The smallest absolute Gasteiger partial charge is 0.186 e. The maximum Gasteiger partial charge on any atom is 0.186 e. The van der Waals surface area contributed by atoms with Crippen LogP contribution < -0.4 is 11.1 Å². The Labute approximate surface area is 110 Å². The van der Waals surface area contributed by atoms with Crippen molar-refractivity contribution in [3.63, 3.8) is 0 Å². The van der Waals surface area contributed by atoms with Crippen LogP contribution >= 0.6 is 0 Å². The lowest BCUT2D eigenvalue weighted by molar-refractivity contribution is 0.168. The lowest BCUT2D eigenvalue weighted by Crippen LogP contribution is -2.38. The summed E-state index contributed by atoms with van der Waals surface area (Å²) in [5, 5.41) is 30.2. The number of hydrogen-bond acceptors (Lipinski definition) is 6. The second kappa shape index (κ2) is 5.61. The van der Waals surface area contributed by atoms with Crippen LogP contribution in [0.3, 0.4) is 0 Å². The van der Waals surface area contributed by atoms with Crippen molar-refractivity contribution in [2.75, 3.05) is 11.9 Å². The second-order valence-electron chi connectivity index (χ2n) is 4.34. The molecule has 6 nitrogen and oxygen atoms in total. The van der Waals surface area contributed by atoms with Crippen LogP contribution in [-0.2, 0) is 0 Å². The number of fused-ring (bicyclic) bond motifs is 1. The van der Waals surface area contributed by atoms with E-state index >= 15 is 0 Å². The van der Waals surface area contributed by atoms with E-state index in [1.807, 2.05) is 30.3 Å². The number of anilines is 1. The van der Waals surface area contributed by atoms with Gasteiger partial charge in [0.2, 0.25) is 0 Å². The zero-order valence-corrected chi connectivity index (χ0v) is 10.5. The molecule has 6 heteroatoms. The van der Waals surface area contributed by atoms with E-state index < -0.39 is 12.1 Å². The molecule has 0 bridgehead atoms. The third-order valence-corrected chi connectivity index (χ3v) is 2.91. The molecule has 0 amide bonds. The summed E-state index contributed by atoms with van der Waals surface area (Å²) in [6, 6.07) is 8.99. The highest BCUT2D eigenvalue weighted by molar-refractivity contribution is 5.92. The summed E-state index contributed by atoms with van der Waals surface area (Å²) < 4.78 is 0. The van der Waals surface area contributed by atoms with E-state index in [0.29, 0.717) is 17.7 Å². The summed E-state index contributed by atoms with van der Waals surface area (Å²) in [5.74, 6) is 0. The molecule has 0 aliphatic rings. The molecule has 0 aliphatic carbocycles. The summed E-state index contributed by atoms with van der Waals surface area (Å²) >= 11 is 0. The average Bonchev–Trinajstić information content (AvgIpc) is 2.43. The maximum atomic E-state index is 9.38. The fourth-order valence-electron chi connectivity index (χ4n) is 1.70. The minimum Gasteiger partial charge on any atom is -0.392 e. The molecule has 1 aromatic heterocycles. The van der Waals surface area contributed by atoms with E-state index in [2.05, 4.69) is 15.5 Å². The van der Waals surface area contributed by atoms with Crippen molar-refractivity contribution in [1.29, 1.82) is 5.26 Å². The van der Waals surface area contributed by atoms with Crippen molar-refractivity contribution < 1.29 is 5.11 Å². The number of aromatic nitrogens is 2. The first-order chi connectivity index (χ1) is 9.13. The molecule has 2 rings (SSSR count). The topological polar surface area (TPSA) is 108 Å². The Morgan fingerprint density at radius 1 is 1.42 bits per heavy atom. The molecular weight excluding hydrogens is 242 g/mol. The van der Waals surface area contributed by atoms with Crippen LogP contribution in [0.15, 0.2) is 24.3 Å². The van der Waals surface area contributed by atoms with Gasteiger partial charge >= 0.3 is 0 Å². The van der Waals surface area contributed by atoms with Crippen LogP contribution in [0.5, 0.6) is 0 Å². The van der Waals surface area contributed by atoms with Crippen molar-refractivity contribution in [3.05, 3.63) is 30.0 Å². The van der Waals surface area contributed by atoms with E-state index in [-0.39, 0.29) is 5.69 Å². The molecule has 2 atom stereocenters. The van der Waals surface area contributed by atoms with Gasteiger partial charge in [0.1, 0.15) is 6.07 Å². The molecule has 0 aliphatic heterocycles. The summed E-state index contributed by atoms with van der Waals surface area (Å²) in [6.07, 6.45) is -0.626. The number of aliphatic hydroxyl groups is 1. The Morgan fingerprint density at radius 3 is 2.84 bits per heavy atom. The van der Waals surface area contributed by atoms with Gasteiger partial charge in [-0.1, -0.05) is 18.2 Å². The molecule has 98 valence electrons. The Kier molecular flexibility index (Phi) is 3.90. The van der Waals surface area contributed by atoms with Crippen molar-refractivity contribution in [2.45, 2.75) is 19.1 Å². The van der Waals surface area contributed by atoms with Crippen LogP contribution in [0.25, 0.3) is 10.9 Å². The van der Waals surface area contributed by atoms with Crippen LogP contribution in [0.4, 0.5) is 5.69 Å². The van der Waals surface area contributed by atoms with Gasteiger partial charge in [-0.25, -0.2) is 0 Å². The quantitative estimate of drug-likeness (QED) is 0.741. The number of benzene rings is 1. The zero-order valence-electron chi connectivity index (χ0n) is 10.5. The number of hydrogen-bond donors (Lipinski definition) is 3. The van der Waals surface area contributed by atoms with Crippen molar-refractivity contribution in [3.8, 4) is 6.07 Å². The second-order valence-corrected chi connectivity index (χ2v) is 4.34. The lowest BCUT2D eigenvalue weighted by Gasteiger charge is -2.17. The highest BCUT2D eigenvalue weighted by Gasteiger charge is 2.13. The fraction of sp³-hybridized carbons (Fsp3) is 0.308. The molecule has 19 heavy (non-hydrogen) atoms. The Balaban J connectivity index is 2.37. The van der Waals surface area contributed by atoms with E-state index in [1.165, 1.54) is 0 Å². The highest BCUT2D eigenvalue weighted by atomic mass is 16.3. The van der Waals surface area contributed by atoms with Crippen molar-refractivity contribution in [1.82, 2.24) is 10.2 Å². The predicted molar refractivity (Wildman–Crippen MR) is 72.4 cm³/mol. The summed E-state index contributed by atoms with van der Waals surface area (Å²) in [4.78, 5) is 0. The molecule has 4 N–H and O–H groups in total. The molecule has 0 spiro atoms. The molecule has 0 saturated carbocycles. The summed E-state index contributed by atoms with van der Waals surface area (Å²) in [6.45, 7) is 1.97. The molecule has 2 unspecified atom stereocenters. The first-order valence-electron chi connectivity index (χ1n) is 5.96. The third kappa shape index (κ3) is 2.78. The van der Waals surface area contributed by atoms with Crippen molar-refractivity contribution in [2.24, 2.45) is 5.73 Å². The van der Waals surface area contributed by atoms with Crippen molar-refractivity contribution >= 4 is 16.6 Å². The molecular formula is C13H15N5O. The third-order valence-electron chi connectivity index (χ3n) is 2.91. The largest absolute Gasteiger partial charge is 0.392 e. The summed E-state index contributed by atoms with van der Waals surface area (Å²) in [5.41, 5.74) is 7.29. The van der Waals surface area contributed by atoms with Gasteiger partial charge in [0.25, 0.3) is 0 Å².